The van der Waals surface area contributed by atoms with Gasteiger partial charge in [-0.2, -0.15) is 0 Å². The second-order valence-electron chi connectivity index (χ2n) is 4.23. The molecule has 2 rings (SSSR count). The molecule has 0 unspecified atom stereocenters. The molecule has 0 bridgehead atoms. The largest absolute Gasteiger partial charge is 0.495 e. The van der Waals surface area contributed by atoms with Crippen molar-refractivity contribution in [1.82, 2.24) is 0 Å². The van der Waals surface area contributed by atoms with Gasteiger partial charge in [0.25, 0.3) is 5.91 Å². The Morgan fingerprint density at radius 2 is 2.00 bits per heavy atom. The monoisotopic (exact) mass is 290 g/mol. The van der Waals surface area contributed by atoms with E-state index in [9.17, 15) is 9.18 Å². The van der Waals surface area contributed by atoms with Gasteiger partial charge in [0, 0.05) is 5.69 Å². The van der Waals surface area contributed by atoms with Crippen LogP contribution in [-0.4, -0.2) is 19.6 Å². The molecule has 0 aliphatic heterocycles. The number of hydrogen-bond acceptors (Lipinski definition) is 4. The number of nitrogens with two attached hydrogens (primary N) is 1. The second kappa shape index (κ2) is 6.60. The number of benzene rings is 2. The van der Waals surface area contributed by atoms with Crippen LogP contribution in [0.2, 0.25) is 0 Å². The minimum atomic E-state index is -0.521. The van der Waals surface area contributed by atoms with E-state index in [1.54, 1.807) is 30.3 Å². The smallest absolute Gasteiger partial charge is 0.262 e. The maximum Gasteiger partial charge on any atom is 0.262 e. The van der Waals surface area contributed by atoms with E-state index >= 15 is 0 Å². The molecule has 110 valence electrons. The summed E-state index contributed by atoms with van der Waals surface area (Å²) in [5.41, 5.74) is 6.57. The fourth-order valence-electron chi connectivity index (χ4n) is 1.71. The average Bonchev–Trinajstić information content (AvgIpc) is 2.47. The zero-order valence-corrected chi connectivity index (χ0v) is 11.4. The molecule has 0 aromatic heterocycles. The van der Waals surface area contributed by atoms with Crippen molar-refractivity contribution >= 4 is 17.3 Å². The maximum atomic E-state index is 13.3. The molecule has 0 saturated heterocycles. The number of rotatable bonds is 5. The number of nitrogen functional groups attached to an aromatic ring is 1. The molecule has 0 heterocycles. The number of amides is 1. The minimum absolute atomic E-state index is 0.0205. The van der Waals surface area contributed by atoms with Crippen molar-refractivity contribution in [2.24, 2.45) is 0 Å². The van der Waals surface area contributed by atoms with Gasteiger partial charge in [-0.3, -0.25) is 4.79 Å². The van der Waals surface area contributed by atoms with Gasteiger partial charge < -0.3 is 20.5 Å². The third kappa shape index (κ3) is 3.85. The Morgan fingerprint density at radius 1 is 1.24 bits per heavy atom. The van der Waals surface area contributed by atoms with Gasteiger partial charge in [0.1, 0.15) is 5.75 Å². The van der Waals surface area contributed by atoms with E-state index in [0.29, 0.717) is 17.1 Å². The van der Waals surface area contributed by atoms with E-state index in [4.69, 9.17) is 15.2 Å². The predicted octanol–water partition coefficient (Wildman–Crippen LogP) is 2.43. The van der Waals surface area contributed by atoms with Gasteiger partial charge in [-0.25, -0.2) is 4.39 Å². The molecule has 0 radical (unpaired) electrons. The summed E-state index contributed by atoms with van der Waals surface area (Å²) in [7, 11) is 1.48. The van der Waals surface area contributed by atoms with Crippen molar-refractivity contribution in [2.45, 2.75) is 0 Å². The van der Waals surface area contributed by atoms with Gasteiger partial charge in [-0.05, 0) is 30.3 Å². The zero-order valence-electron chi connectivity index (χ0n) is 11.4. The summed E-state index contributed by atoms with van der Waals surface area (Å²) in [6.45, 7) is -0.321. The molecule has 1 amide bonds. The Hall–Kier alpha value is -2.76. The number of para-hydroxylation sites is 1. The molecule has 0 fully saturated rings. The van der Waals surface area contributed by atoms with Crippen LogP contribution in [0.1, 0.15) is 0 Å². The van der Waals surface area contributed by atoms with Crippen molar-refractivity contribution in [3.05, 3.63) is 48.3 Å². The molecule has 0 spiro atoms. The van der Waals surface area contributed by atoms with Crippen LogP contribution in [0.3, 0.4) is 0 Å². The molecule has 2 aromatic rings. The van der Waals surface area contributed by atoms with Crippen LogP contribution in [0.5, 0.6) is 11.5 Å². The van der Waals surface area contributed by atoms with Gasteiger partial charge in [0.2, 0.25) is 0 Å². The Bertz CT molecular complexity index is 647. The molecule has 6 heteroatoms. The number of carbonyl (C=O) groups excluding carboxylic acids is 1. The third-order valence-electron chi connectivity index (χ3n) is 2.69. The van der Waals surface area contributed by atoms with E-state index in [1.807, 2.05) is 0 Å². The molecule has 0 saturated carbocycles. The number of anilines is 2. The first-order valence-corrected chi connectivity index (χ1v) is 6.21. The van der Waals surface area contributed by atoms with E-state index < -0.39 is 11.7 Å². The second-order valence-corrected chi connectivity index (χ2v) is 4.23. The lowest BCUT2D eigenvalue weighted by molar-refractivity contribution is -0.118. The van der Waals surface area contributed by atoms with Gasteiger partial charge in [-0.1, -0.05) is 12.1 Å². The molecular formula is C15H15FN2O3. The van der Waals surface area contributed by atoms with Crippen LogP contribution in [0.15, 0.2) is 42.5 Å². The Balaban J connectivity index is 1.99. The average molecular weight is 290 g/mol. The van der Waals surface area contributed by atoms with Gasteiger partial charge in [-0.15, -0.1) is 0 Å². The topological polar surface area (TPSA) is 73.6 Å². The molecule has 2 aromatic carbocycles. The van der Waals surface area contributed by atoms with Crippen LogP contribution < -0.4 is 20.5 Å². The summed E-state index contributed by atoms with van der Waals surface area (Å²) in [5.74, 6) is -0.468. The highest BCUT2D eigenvalue weighted by atomic mass is 19.1. The molecular weight excluding hydrogens is 275 g/mol. The quantitative estimate of drug-likeness (QED) is 0.829. The lowest BCUT2D eigenvalue weighted by Gasteiger charge is -2.11. The number of carbonyl (C=O) groups is 1. The lowest BCUT2D eigenvalue weighted by atomic mass is 10.2. The Morgan fingerprint density at radius 3 is 2.71 bits per heavy atom. The normalized spacial score (nSPS) is 10.0. The maximum absolute atomic E-state index is 13.3. The van der Waals surface area contributed by atoms with E-state index in [1.165, 1.54) is 19.2 Å². The molecule has 21 heavy (non-hydrogen) atoms. The van der Waals surface area contributed by atoms with Crippen molar-refractivity contribution < 1.29 is 18.7 Å². The van der Waals surface area contributed by atoms with Gasteiger partial charge >= 0.3 is 0 Å². The first-order valence-electron chi connectivity index (χ1n) is 6.21. The molecule has 0 aliphatic rings. The van der Waals surface area contributed by atoms with E-state index in [-0.39, 0.29) is 12.4 Å². The van der Waals surface area contributed by atoms with Crippen LogP contribution in [-0.2, 0) is 4.79 Å². The standard InChI is InChI=1S/C15H15FN2O3/c1-20-14-7-6-10(17)8-12(14)18-15(19)9-21-13-5-3-2-4-11(13)16/h2-8H,9,17H2,1H3,(H,18,19). The summed E-state index contributed by atoms with van der Waals surface area (Å²) in [6.07, 6.45) is 0. The van der Waals surface area contributed by atoms with Crippen molar-refractivity contribution in [3.8, 4) is 11.5 Å². The van der Waals surface area contributed by atoms with E-state index in [0.717, 1.165) is 0 Å². The van der Waals surface area contributed by atoms with Gasteiger partial charge in [0.05, 0.1) is 12.8 Å². The van der Waals surface area contributed by atoms with Gasteiger partial charge in [0.15, 0.2) is 18.2 Å². The number of halogens is 1. The summed E-state index contributed by atoms with van der Waals surface area (Å²) in [5, 5.41) is 2.60. The first kappa shape index (κ1) is 14.6. The minimum Gasteiger partial charge on any atom is -0.495 e. The Labute approximate surface area is 121 Å². The predicted molar refractivity (Wildman–Crippen MR) is 77.9 cm³/mol. The number of hydrogen-bond donors (Lipinski definition) is 2. The highest BCUT2D eigenvalue weighted by Crippen LogP contribution is 2.26. The highest BCUT2D eigenvalue weighted by Gasteiger charge is 2.10. The molecule has 0 atom stereocenters. The fraction of sp³-hybridized carbons (Fsp3) is 0.133. The van der Waals surface area contributed by atoms with Crippen molar-refractivity contribution in [2.75, 3.05) is 24.8 Å². The summed E-state index contributed by atoms with van der Waals surface area (Å²) < 4.78 is 23.6. The van der Waals surface area contributed by atoms with Crippen molar-refractivity contribution in [3.63, 3.8) is 0 Å². The fourth-order valence-corrected chi connectivity index (χ4v) is 1.71. The van der Waals surface area contributed by atoms with Crippen LogP contribution in [0, 0.1) is 5.82 Å². The summed E-state index contributed by atoms with van der Waals surface area (Å²) >= 11 is 0. The van der Waals surface area contributed by atoms with Crippen LogP contribution >= 0.6 is 0 Å². The first-order chi connectivity index (χ1) is 10.1. The molecule has 5 nitrogen and oxygen atoms in total. The summed E-state index contributed by atoms with van der Waals surface area (Å²) in [6, 6.07) is 10.7. The number of methoxy groups -OCH3 is 1. The van der Waals surface area contributed by atoms with Crippen LogP contribution in [0.25, 0.3) is 0 Å². The SMILES string of the molecule is COc1ccc(N)cc1NC(=O)COc1ccccc1F. The zero-order chi connectivity index (χ0) is 15.2. The lowest BCUT2D eigenvalue weighted by Crippen LogP contribution is -2.20. The number of ether oxygens (including phenoxy) is 2. The van der Waals surface area contributed by atoms with Crippen molar-refractivity contribution in [1.29, 1.82) is 0 Å². The molecule has 0 aliphatic carbocycles. The Kier molecular flexibility index (Phi) is 4.61. The molecule has 3 N–H and O–H groups in total. The summed E-state index contributed by atoms with van der Waals surface area (Å²) in [4.78, 5) is 11.8. The third-order valence-corrected chi connectivity index (χ3v) is 2.69. The van der Waals surface area contributed by atoms with E-state index in [2.05, 4.69) is 5.32 Å². The van der Waals surface area contributed by atoms with Crippen LogP contribution in [0.4, 0.5) is 15.8 Å². The number of nitrogens with one attached hydrogen (secondary N) is 1. The highest BCUT2D eigenvalue weighted by molar-refractivity contribution is 5.93.